The Labute approximate surface area is 186 Å². The standard InChI is InChI=1S/C24H26FN3O4/c1-4-30-22(29)7-5-6-16-12-17(8-10-20(16)25)23-27-24(32-28-23)18-9-11-21(31-15(2)3)19(13-18)14-26/h8-12,15,18H,4-7,13H2,1-3H3. The summed E-state index contributed by atoms with van der Waals surface area (Å²) in [5.74, 6) is 0.394. The molecular formula is C24H26FN3O4. The summed E-state index contributed by atoms with van der Waals surface area (Å²) >= 11 is 0. The van der Waals surface area contributed by atoms with Gasteiger partial charge in [-0.15, -0.1) is 0 Å². The molecule has 2 aromatic rings. The molecule has 8 heteroatoms. The number of nitrogens with zero attached hydrogens (tertiary/aromatic N) is 3. The number of hydrogen-bond acceptors (Lipinski definition) is 7. The molecule has 1 aliphatic carbocycles. The van der Waals surface area contributed by atoms with Gasteiger partial charge in [-0.05, 0) is 63.5 Å². The maximum atomic E-state index is 14.2. The van der Waals surface area contributed by atoms with E-state index in [2.05, 4.69) is 16.2 Å². The van der Waals surface area contributed by atoms with E-state index in [1.807, 2.05) is 19.9 Å². The normalized spacial score (nSPS) is 15.7. The molecule has 1 aliphatic rings. The van der Waals surface area contributed by atoms with Crippen LogP contribution in [-0.4, -0.2) is 28.8 Å². The number of benzene rings is 1. The minimum atomic E-state index is -0.349. The van der Waals surface area contributed by atoms with Gasteiger partial charge >= 0.3 is 5.97 Å². The third-order valence-electron chi connectivity index (χ3n) is 4.89. The molecule has 1 aromatic carbocycles. The lowest BCUT2D eigenvalue weighted by atomic mass is 9.93. The van der Waals surface area contributed by atoms with E-state index in [0.717, 1.165) is 0 Å². The molecule has 0 bridgehead atoms. The van der Waals surface area contributed by atoms with Crippen LogP contribution in [0.1, 0.15) is 57.4 Å². The SMILES string of the molecule is CCOC(=O)CCCc1cc(-c2noc(C3C=CC(OC(C)C)=C(C#N)C3)n2)ccc1F. The number of rotatable bonds is 9. The van der Waals surface area contributed by atoms with Gasteiger partial charge in [0, 0.05) is 18.4 Å². The molecule has 0 saturated heterocycles. The number of aryl methyl sites for hydroxylation is 1. The lowest BCUT2D eigenvalue weighted by Gasteiger charge is -2.18. The van der Waals surface area contributed by atoms with E-state index in [4.69, 9.17) is 14.0 Å². The summed E-state index contributed by atoms with van der Waals surface area (Å²) in [6, 6.07) is 6.80. The highest BCUT2D eigenvalue weighted by Gasteiger charge is 2.24. The van der Waals surface area contributed by atoms with Gasteiger partial charge in [-0.2, -0.15) is 10.2 Å². The Balaban J connectivity index is 1.71. The Morgan fingerprint density at radius 3 is 2.94 bits per heavy atom. The van der Waals surface area contributed by atoms with Crippen molar-refractivity contribution in [1.82, 2.24) is 10.1 Å². The fourth-order valence-electron chi connectivity index (χ4n) is 3.39. The zero-order chi connectivity index (χ0) is 23.1. The Hall–Kier alpha value is -3.47. The predicted octanol–water partition coefficient (Wildman–Crippen LogP) is 5.01. The van der Waals surface area contributed by atoms with Gasteiger partial charge in [-0.3, -0.25) is 4.79 Å². The Morgan fingerprint density at radius 1 is 1.41 bits per heavy atom. The van der Waals surface area contributed by atoms with Crippen molar-refractivity contribution in [2.75, 3.05) is 6.61 Å². The van der Waals surface area contributed by atoms with E-state index < -0.39 is 0 Å². The van der Waals surface area contributed by atoms with Crippen LogP contribution >= 0.6 is 0 Å². The highest BCUT2D eigenvalue weighted by atomic mass is 19.1. The molecule has 0 amide bonds. The van der Waals surface area contributed by atoms with E-state index in [0.29, 0.717) is 60.0 Å². The monoisotopic (exact) mass is 439 g/mol. The van der Waals surface area contributed by atoms with Crippen LogP contribution in [0.25, 0.3) is 11.4 Å². The van der Waals surface area contributed by atoms with Gasteiger partial charge in [-0.25, -0.2) is 4.39 Å². The lowest BCUT2D eigenvalue weighted by Crippen LogP contribution is -2.09. The molecule has 1 atom stereocenters. The fourth-order valence-corrected chi connectivity index (χ4v) is 3.39. The zero-order valence-electron chi connectivity index (χ0n) is 18.4. The van der Waals surface area contributed by atoms with Gasteiger partial charge in [0.05, 0.1) is 30.3 Å². The molecule has 0 saturated carbocycles. The minimum absolute atomic E-state index is 0.0329. The minimum Gasteiger partial charge on any atom is -0.490 e. The average Bonchev–Trinajstić information content (AvgIpc) is 3.25. The molecule has 168 valence electrons. The van der Waals surface area contributed by atoms with Crippen LogP contribution in [0, 0.1) is 17.1 Å². The van der Waals surface area contributed by atoms with Crippen molar-refractivity contribution in [2.24, 2.45) is 0 Å². The first-order valence-corrected chi connectivity index (χ1v) is 10.7. The number of halogens is 1. The predicted molar refractivity (Wildman–Crippen MR) is 115 cm³/mol. The quantitative estimate of drug-likeness (QED) is 0.507. The lowest BCUT2D eigenvalue weighted by molar-refractivity contribution is -0.143. The topological polar surface area (TPSA) is 98.2 Å². The van der Waals surface area contributed by atoms with Crippen molar-refractivity contribution in [3.05, 3.63) is 59.0 Å². The molecule has 1 unspecified atom stereocenters. The maximum absolute atomic E-state index is 14.2. The van der Waals surface area contributed by atoms with Crippen molar-refractivity contribution in [3.63, 3.8) is 0 Å². The van der Waals surface area contributed by atoms with Crippen molar-refractivity contribution < 1.29 is 23.2 Å². The maximum Gasteiger partial charge on any atom is 0.305 e. The number of aromatic nitrogens is 2. The van der Waals surface area contributed by atoms with Gasteiger partial charge in [0.1, 0.15) is 11.6 Å². The van der Waals surface area contributed by atoms with Crippen molar-refractivity contribution in [1.29, 1.82) is 5.26 Å². The largest absolute Gasteiger partial charge is 0.490 e. The number of esters is 1. The van der Waals surface area contributed by atoms with E-state index in [1.54, 1.807) is 25.1 Å². The van der Waals surface area contributed by atoms with Crippen molar-refractivity contribution >= 4 is 5.97 Å². The summed E-state index contributed by atoms with van der Waals surface area (Å²) in [6.45, 7) is 5.88. The van der Waals surface area contributed by atoms with Crippen molar-refractivity contribution in [2.45, 2.75) is 58.5 Å². The molecule has 0 fully saturated rings. The number of carbonyl (C=O) groups is 1. The second-order valence-corrected chi connectivity index (χ2v) is 7.71. The highest BCUT2D eigenvalue weighted by molar-refractivity contribution is 5.69. The fraction of sp³-hybridized carbons (Fsp3) is 0.417. The number of carbonyl (C=O) groups excluding carboxylic acids is 1. The molecule has 0 N–H and O–H groups in total. The van der Waals surface area contributed by atoms with Crippen LogP contribution in [0.5, 0.6) is 0 Å². The third kappa shape index (κ3) is 5.82. The van der Waals surface area contributed by atoms with E-state index in [-0.39, 0.29) is 30.2 Å². The molecule has 3 rings (SSSR count). The second-order valence-electron chi connectivity index (χ2n) is 7.71. The number of nitriles is 1. The first-order chi connectivity index (χ1) is 15.4. The average molecular weight is 439 g/mol. The first kappa shape index (κ1) is 23.2. The third-order valence-corrected chi connectivity index (χ3v) is 4.89. The van der Waals surface area contributed by atoms with Gasteiger partial charge in [0.2, 0.25) is 11.7 Å². The zero-order valence-corrected chi connectivity index (χ0v) is 18.4. The summed E-state index contributed by atoms with van der Waals surface area (Å²) in [5.41, 5.74) is 1.62. The summed E-state index contributed by atoms with van der Waals surface area (Å²) in [4.78, 5) is 16.0. The second kappa shape index (κ2) is 10.7. The first-order valence-electron chi connectivity index (χ1n) is 10.7. The summed E-state index contributed by atoms with van der Waals surface area (Å²) < 4.78 is 30.2. The van der Waals surface area contributed by atoms with Gasteiger partial charge < -0.3 is 14.0 Å². The van der Waals surface area contributed by atoms with E-state index in [1.165, 1.54) is 6.07 Å². The number of ether oxygens (including phenoxy) is 2. The van der Waals surface area contributed by atoms with Crippen LogP contribution in [0.15, 0.2) is 46.2 Å². The summed E-state index contributed by atoms with van der Waals surface area (Å²) in [6.07, 6.45) is 5.11. The van der Waals surface area contributed by atoms with Crippen LogP contribution in [0.2, 0.25) is 0 Å². The molecule has 32 heavy (non-hydrogen) atoms. The highest BCUT2D eigenvalue weighted by Crippen LogP contribution is 2.32. The molecular weight excluding hydrogens is 413 g/mol. The molecule has 0 aliphatic heterocycles. The molecule has 1 aromatic heterocycles. The van der Waals surface area contributed by atoms with Crippen molar-refractivity contribution in [3.8, 4) is 17.5 Å². The van der Waals surface area contributed by atoms with Crippen LogP contribution in [0.4, 0.5) is 4.39 Å². The van der Waals surface area contributed by atoms with Crippen LogP contribution < -0.4 is 0 Å². The summed E-state index contributed by atoms with van der Waals surface area (Å²) in [5, 5.41) is 13.5. The van der Waals surface area contributed by atoms with Gasteiger partial charge in [0.25, 0.3) is 0 Å². The van der Waals surface area contributed by atoms with Gasteiger partial charge in [-0.1, -0.05) is 11.2 Å². The Morgan fingerprint density at radius 2 is 2.22 bits per heavy atom. The van der Waals surface area contributed by atoms with Gasteiger partial charge in [0.15, 0.2) is 0 Å². The Bertz CT molecular complexity index is 1070. The van der Waals surface area contributed by atoms with E-state index >= 15 is 0 Å². The number of allylic oxidation sites excluding steroid dienone is 3. The van der Waals surface area contributed by atoms with Crippen LogP contribution in [0.3, 0.4) is 0 Å². The summed E-state index contributed by atoms with van der Waals surface area (Å²) in [7, 11) is 0. The smallest absolute Gasteiger partial charge is 0.305 e. The molecule has 7 nitrogen and oxygen atoms in total. The molecule has 0 spiro atoms. The Kier molecular flexibility index (Phi) is 7.77. The van der Waals surface area contributed by atoms with E-state index in [9.17, 15) is 14.4 Å². The van der Waals surface area contributed by atoms with Crippen LogP contribution in [-0.2, 0) is 20.7 Å². The molecule has 0 radical (unpaired) electrons. The number of hydrogen-bond donors (Lipinski definition) is 0. The molecule has 1 heterocycles.